The largest absolute Gasteiger partial charge is 0.353 e. The number of rotatable bonds is 7. The molecule has 0 aromatic heterocycles. The highest BCUT2D eigenvalue weighted by molar-refractivity contribution is 7.87. The van der Waals surface area contributed by atoms with Gasteiger partial charge in [-0.1, -0.05) is 6.92 Å². The predicted octanol–water partition coefficient (Wildman–Crippen LogP) is -0.194. The molecular formula is C9H15NO7S2. The maximum absolute atomic E-state index is 11.5. The number of carbonyl (C=O) groups excluding carboxylic acids is 3. The van der Waals surface area contributed by atoms with Gasteiger partial charge in [0.1, 0.15) is 0 Å². The number of thiol groups is 1. The van der Waals surface area contributed by atoms with Crippen LogP contribution in [0.1, 0.15) is 26.2 Å². The fraction of sp³-hybridized carbons (Fsp3) is 0.667. The molecule has 1 N–H and O–H groups in total. The molecule has 0 aliphatic heterocycles. The van der Waals surface area contributed by atoms with Crippen molar-refractivity contribution in [3.8, 4) is 0 Å². The molecule has 1 atom stereocenters. The van der Waals surface area contributed by atoms with Gasteiger partial charge in [0.25, 0.3) is 22.4 Å². The highest BCUT2D eigenvalue weighted by atomic mass is 32.2. The lowest BCUT2D eigenvalue weighted by Gasteiger charge is -2.17. The van der Waals surface area contributed by atoms with Crippen LogP contribution in [0.2, 0.25) is 0 Å². The van der Waals surface area contributed by atoms with Gasteiger partial charge in [-0.25, -0.2) is 4.79 Å². The summed E-state index contributed by atoms with van der Waals surface area (Å²) >= 11 is 3.74. The lowest BCUT2D eigenvalue weighted by atomic mass is 10.3. The first-order chi connectivity index (χ1) is 8.77. The van der Waals surface area contributed by atoms with Gasteiger partial charge in [0.05, 0.1) is 0 Å². The summed E-state index contributed by atoms with van der Waals surface area (Å²) in [6.07, 6.45) is 0.0152. The second kappa shape index (κ2) is 8.12. The molecular weight excluding hydrogens is 298 g/mol. The van der Waals surface area contributed by atoms with Crippen LogP contribution in [0.4, 0.5) is 0 Å². The van der Waals surface area contributed by atoms with Gasteiger partial charge >= 0.3 is 5.97 Å². The molecule has 0 bridgehead atoms. The van der Waals surface area contributed by atoms with E-state index in [9.17, 15) is 22.8 Å². The standard InChI is InChI=1S/C9H15NO7S2/c1-2-3-8(12)10(6-11)17-9(13)7(4-5-18)19(14,15)16/h6-7,18H,2-5H2,1H3,(H,14,15,16). The Labute approximate surface area is 116 Å². The molecule has 10 heteroatoms. The van der Waals surface area contributed by atoms with Crippen molar-refractivity contribution in [2.24, 2.45) is 0 Å². The number of hydroxylamine groups is 2. The van der Waals surface area contributed by atoms with Gasteiger partial charge in [-0.05, 0) is 18.6 Å². The van der Waals surface area contributed by atoms with Gasteiger partial charge in [-0.15, -0.1) is 5.06 Å². The number of imide groups is 1. The Morgan fingerprint density at radius 3 is 2.42 bits per heavy atom. The number of carbonyl (C=O) groups is 3. The van der Waals surface area contributed by atoms with Crippen molar-refractivity contribution in [3.63, 3.8) is 0 Å². The second-order valence-corrected chi connectivity index (χ2v) is 5.55. The Bertz CT molecular complexity index is 434. The normalized spacial score (nSPS) is 12.6. The van der Waals surface area contributed by atoms with Crippen LogP contribution in [0, 0.1) is 0 Å². The van der Waals surface area contributed by atoms with E-state index in [-0.39, 0.29) is 30.1 Å². The first kappa shape index (κ1) is 17.9. The molecule has 0 aromatic rings. The van der Waals surface area contributed by atoms with E-state index in [1.165, 1.54) is 0 Å². The summed E-state index contributed by atoms with van der Waals surface area (Å²) in [7, 11) is -4.70. The van der Waals surface area contributed by atoms with Crippen LogP contribution >= 0.6 is 12.6 Å². The van der Waals surface area contributed by atoms with E-state index in [0.717, 1.165) is 0 Å². The third-order valence-electron chi connectivity index (χ3n) is 2.01. The Balaban J connectivity index is 4.88. The Morgan fingerprint density at radius 1 is 1.47 bits per heavy atom. The third kappa shape index (κ3) is 6.03. The van der Waals surface area contributed by atoms with Gasteiger partial charge in [-0.3, -0.25) is 14.1 Å². The summed E-state index contributed by atoms with van der Waals surface area (Å²) < 4.78 is 30.8. The van der Waals surface area contributed by atoms with Gasteiger partial charge < -0.3 is 4.84 Å². The number of nitrogens with zero attached hydrogens (tertiary/aromatic N) is 1. The van der Waals surface area contributed by atoms with E-state index < -0.39 is 27.2 Å². The molecule has 0 heterocycles. The minimum Gasteiger partial charge on any atom is -0.329 e. The molecule has 1 unspecified atom stereocenters. The van der Waals surface area contributed by atoms with Crippen LogP contribution < -0.4 is 0 Å². The lowest BCUT2D eigenvalue weighted by molar-refractivity contribution is -0.196. The van der Waals surface area contributed by atoms with Crippen molar-refractivity contribution in [1.29, 1.82) is 0 Å². The molecule has 110 valence electrons. The smallest absolute Gasteiger partial charge is 0.329 e. The zero-order chi connectivity index (χ0) is 15.1. The molecule has 0 saturated heterocycles. The van der Waals surface area contributed by atoms with Crippen LogP contribution in [0.15, 0.2) is 0 Å². The minimum absolute atomic E-state index is 0.0104. The summed E-state index contributed by atoms with van der Waals surface area (Å²) in [5.74, 6) is -2.21. The van der Waals surface area contributed by atoms with E-state index in [0.29, 0.717) is 6.42 Å². The Kier molecular flexibility index (Phi) is 7.64. The molecule has 0 spiro atoms. The van der Waals surface area contributed by atoms with Crippen LogP contribution in [0.5, 0.6) is 0 Å². The van der Waals surface area contributed by atoms with E-state index in [2.05, 4.69) is 17.5 Å². The monoisotopic (exact) mass is 313 g/mol. The molecule has 19 heavy (non-hydrogen) atoms. The van der Waals surface area contributed by atoms with Crippen molar-refractivity contribution in [2.45, 2.75) is 31.4 Å². The number of amides is 2. The molecule has 2 amide bonds. The van der Waals surface area contributed by atoms with Gasteiger partial charge in [0, 0.05) is 6.42 Å². The van der Waals surface area contributed by atoms with Crippen molar-refractivity contribution in [2.75, 3.05) is 5.75 Å². The first-order valence-corrected chi connectivity index (χ1v) is 7.47. The van der Waals surface area contributed by atoms with Gasteiger partial charge in [-0.2, -0.15) is 21.0 Å². The zero-order valence-corrected chi connectivity index (χ0v) is 11.9. The fourth-order valence-corrected chi connectivity index (χ4v) is 2.25. The van der Waals surface area contributed by atoms with E-state index in [1.54, 1.807) is 6.92 Å². The van der Waals surface area contributed by atoms with Gasteiger partial charge in [0.2, 0.25) is 0 Å². The van der Waals surface area contributed by atoms with Crippen molar-refractivity contribution >= 4 is 41.0 Å². The SMILES string of the molecule is CCCC(=O)N(C=O)OC(=O)C(CCS)S(=O)(=O)O. The minimum atomic E-state index is -4.70. The van der Waals surface area contributed by atoms with Crippen molar-refractivity contribution < 1.29 is 32.2 Å². The average Bonchev–Trinajstić information content (AvgIpc) is 2.31. The van der Waals surface area contributed by atoms with E-state index in [4.69, 9.17) is 4.55 Å². The quantitative estimate of drug-likeness (QED) is 0.289. The molecule has 0 radical (unpaired) electrons. The number of hydrogen-bond acceptors (Lipinski definition) is 7. The van der Waals surface area contributed by atoms with Crippen molar-refractivity contribution in [1.82, 2.24) is 5.06 Å². The molecule has 8 nitrogen and oxygen atoms in total. The van der Waals surface area contributed by atoms with Crippen LogP contribution in [0.25, 0.3) is 0 Å². The lowest BCUT2D eigenvalue weighted by Crippen LogP contribution is -2.39. The van der Waals surface area contributed by atoms with Crippen LogP contribution in [-0.2, 0) is 29.3 Å². The maximum atomic E-state index is 11.5. The summed E-state index contributed by atoms with van der Waals surface area (Å²) in [4.78, 5) is 37.8. The molecule has 0 aliphatic rings. The van der Waals surface area contributed by atoms with Crippen LogP contribution in [-0.4, -0.2) is 47.3 Å². The third-order valence-corrected chi connectivity index (χ3v) is 3.41. The molecule has 0 rings (SSSR count). The van der Waals surface area contributed by atoms with Crippen molar-refractivity contribution in [3.05, 3.63) is 0 Å². The summed E-state index contributed by atoms with van der Waals surface area (Å²) in [5, 5.41) is -1.77. The molecule has 0 saturated carbocycles. The number of hydrogen-bond donors (Lipinski definition) is 2. The topological polar surface area (TPSA) is 118 Å². The fourth-order valence-electron chi connectivity index (χ4n) is 1.12. The van der Waals surface area contributed by atoms with Crippen LogP contribution in [0.3, 0.4) is 0 Å². The Morgan fingerprint density at radius 2 is 2.05 bits per heavy atom. The molecule has 0 fully saturated rings. The first-order valence-electron chi connectivity index (χ1n) is 5.34. The van der Waals surface area contributed by atoms with E-state index in [1.807, 2.05) is 0 Å². The summed E-state index contributed by atoms with van der Waals surface area (Å²) in [6.45, 7) is 1.67. The zero-order valence-electron chi connectivity index (χ0n) is 10.2. The predicted molar refractivity (Wildman–Crippen MR) is 67.7 cm³/mol. The molecule has 0 aromatic carbocycles. The summed E-state index contributed by atoms with van der Waals surface area (Å²) in [5.41, 5.74) is 0. The maximum Gasteiger partial charge on any atom is 0.353 e. The highest BCUT2D eigenvalue weighted by Crippen LogP contribution is 2.09. The van der Waals surface area contributed by atoms with Gasteiger partial charge in [0.15, 0.2) is 5.25 Å². The average molecular weight is 313 g/mol. The Hall–Kier alpha value is -1.13. The molecule has 0 aliphatic carbocycles. The van der Waals surface area contributed by atoms with E-state index >= 15 is 0 Å². The second-order valence-electron chi connectivity index (χ2n) is 3.50. The highest BCUT2D eigenvalue weighted by Gasteiger charge is 2.34. The summed E-state index contributed by atoms with van der Waals surface area (Å²) in [6, 6.07) is 0.